The van der Waals surface area contributed by atoms with E-state index in [-0.39, 0.29) is 0 Å². The van der Waals surface area contributed by atoms with Crippen LogP contribution in [0, 0.1) is 0 Å². The standard InChI is InChI=1S/C10H17NO2/c1-9(2)8-13-6-5-11-4-3-10(12)7-11/h1,3-8H2,2H3. The highest BCUT2D eigenvalue weighted by molar-refractivity contribution is 5.82. The highest BCUT2D eigenvalue weighted by Gasteiger charge is 2.18. The number of ketones is 1. The van der Waals surface area contributed by atoms with Crippen LogP contribution in [0.25, 0.3) is 0 Å². The van der Waals surface area contributed by atoms with E-state index in [9.17, 15) is 4.79 Å². The smallest absolute Gasteiger partial charge is 0.148 e. The number of nitrogens with zero attached hydrogens (tertiary/aromatic N) is 1. The van der Waals surface area contributed by atoms with Crippen LogP contribution < -0.4 is 0 Å². The summed E-state index contributed by atoms with van der Waals surface area (Å²) in [5.74, 6) is 0.347. The lowest BCUT2D eigenvalue weighted by molar-refractivity contribution is -0.116. The summed E-state index contributed by atoms with van der Waals surface area (Å²) in [5.41, 5.74) is 1.04. The molecular formula is C10H17NO2. The van der Waals surface area contributed by atoms with E-state index in [1.807, 2.05) is 6.92 Å². The number of hydrogen-bond donors (Lipinski definition) is 0. The average Bonchev–Trinajstić information content (AvgIpc) is 2.45. The highest BCUT2D eigenvalue weighted by atomic mass is 16.5. The van der Waals surface area contributed by atoms with Crippen LogP contribution in [0.3, 0.4) is 0 Å². The van der Waals surface area contributed by atoms with E-state index in [0.717, 1.165) is 18.7 Å². The molecule has 0 bridgehead atoms. The molecule has 0 radical (unpaired) electrons. The second kappa shape index (κ2) is 5.14. The minimum atomic E-state index is 0.347. The second-order valence-corrected chi connectivity index (χ2v) is 3.57. The third kappa shape index (κ3) is 4.20. The Morgan fingerprint density at radius 1 is 1.69 bits per heavy atom. The summed E-state index contributed by atoms with van der Waals surface area (Å²) in [7, 11) is 0. The van der Waals surface area contributed by atoms with Gasteiger partial charge in [0.25, 0.3) is 0 Å². The number of Topliss-reactive ketones (excluding diaryl/α,β-unsaturated/α-hetero) is 1. The van der Waals surface area contributed by atoms with Gasteiger partial charge in [-0.15, -0.1) is 0 Å². The van der Waals surface area contributed by atoms with Crippen LogP contribution in [0.1, 0.15) is 13.3 Å². The van der Waals surface area contributed by atoms with Crippen LogP contribution in [-0.2, 0) is 9.53 Å². The molecule has 0 N–H and O–H groups in total. The van der Waals surface area contributed by atoms with Gasteiger partial charge in [0.2, 0.25) is 0 Å². The molecule has 1 rings (SSSR count). The Bertz CT molecular complexity index is 201. The zero-order valence-electron chi connectivity index (χ0n) is 8.21. The Labute approximate surface area is 79.4 Å². The van der Waals surface area contributed by atoms with Crippen LogP contribution >= 0.6 is 0 Å². The molecule has 0 aliphatic carbocycles. The number of likely N-dealkylation sites (tertiary alicyclic amines) is 1. The molecule has 74 valence electrons. The second-order valence-electron chi connectivity index (χ2n) is 3.57. The number of carbonyl (C=O) groups excluding carboxylic acids is 1. The summed E-state index contributed by atoms with van der Waals surface area (Å²) in [6.07, 6.45) is 0.709. The molecule has 0 amide bonds. The van der Waals surface area contributed by atoms with Crippen molar-refractivity contribution in [1.82, 2.24) is 4.90 Å². The fraction of sp³-hybridized carbons (Fsp3) is 0.700. The minimum absolute atomic E-state index is 0.347. The summed E-state index contributed by atoms with van der Waals surface area (Å²) in [4.78, 5) is 13.0. The quantitative estimate of drug-likeness (QED) is 0.467. The molecule has 0 aromatic carbocycles. The third-order valence-electron chi connectivity index (χ3n) is 2.01. The van der Waals surface area contributed by atoms with Crippen LogP contribution in [0.15, 0.2) is 12.2 Å². The molecule has 0 atom stereocenters. The van der Waals surface area contributed by atoms with Crippen molar-refractivity contribution in [3.63, 3.8) is 0 Å². The van der Waals surface area contributed by atoms with Gasteiger partial charge in [-0.2, -0.15) is 0 Å². The van der Waals surface area contributed by atoms with E-state index < -0.39 is 0 Å². The fourth-order valence-corrected chi connectivity index (χ4v) is 1.32. The van der Waals surface area contributed by atoms with Gasteiger partial charge >= 0.3 is 0 Å². The van der Waals surface area contributed by atoms with Gasteiger partial charge in [-0.25, -0.2) is 0 Å². The molecule has 0 aromatic heterocycles. The van der Waals surface area contributed by atoms with Gasteiger partial charge in [-0.05, 0) is 6.92 Å². The molecule has 0 spiro atoms. The Kier molecular flexibility index (Phi) is 4.12. The maximum absolute atomic E-state index is 10.9. The first-order valence-electron chi connectivity index (χ1n) is 4.64. The topological polar surface area (TPSA) is 29.5 Å². The SMILES string of the molecule is C=C(C)COCCN1CCC(=O)C1. The number of carbonyl (C=O) groups is 1. The lowest BCUT2D eigenvalue weighted by Crippen LogP contribution is -2.25. The highest BCUT2D eigenvalue weighted by Crippen LogP contribution is 2.02. The van der Waals surface area contributed by atoms with Crippen molar-refractivity contribution < 1.29 is 9.53 Å². The molecule has 13 heavy (non-hydrogen) atoms. The maximum Gasteiger partial charge on any atom is 0.148 e. The Balaban J connectivity index is 2.00. The maximum atomic E-state index is 10.9. The lowest BCUT2D eigenvalue weighted by atomic mass is 10.4. The molecular weight excluding hydrogens is 166 g/mol. The molecule has 1 heterocycles. The summed E-state index contributed by atoms with van der Waals surface area (Å²) >= 11 is 0. The lowest BCUT2D eigenvalue weighted by Gasteiger charge is -2.13. The number of rotatable bonds is 5. The molecule has 1 aliphatic rings. The Morgan fingerprint density at radius 3 is 3.00 bits per heavy atom. The zero-order valence-corrected chi connectivity index (χ0v) is 8.21. The van der Waals surface area contributed by atoms with E-state index in [4.69, 9.17) is 4.74 Å². The third-order valence-corrected chi connectivity index (χ3v) is 2.01. The number of ether oxygens (including phenoxy) is 1. The van der Waals surface area contributed by atoms with Crippen LogP contribution in [0.5, 0.6) is 0 Å². The molecule has 0 aromatic rings. The molecule has 1 saturated heterocycles. The van der Waals surface area contributed by atoms with Gasteiger partial charge in [-0.1, -0.05) is 12.2 Å². The Morgan fingerprint density at radius 2 is 2.46 bits per heavy atom. The van der Waals surface area contributed by atoms with E-state index in [1.165, 1.54) is 0 Å². The fourth-order valence-electron chi connectivity index (χ4n) is 1.32. The number of hydrogen-bond acceptors (Lipinski definition) is 3. The normalized spacial score (nSPS) is 18.1. The molecule has 1 aliphatic heterocycles. The minimum Gasteiger partial charge on any atom is -0.376 e. The van der Waals surface area contributed by atoms with Crippen molar-refractivity contribution >= 4 is 5.78 Å². The first-order chi connectivity index (χ1) is 6.18. The van der Waals surface area contributed by atoms with Gasteiger partial charge in [0, 0.05) is 19.5 Å². The first-order valence-corrected chi connectivity index (χ1v) is 4.64. The summed E-state index contributed by atoms with van der Waals surface area (Å²) in [6, 6.07) is 0. The van der Waals surface area contributed by atoms with Gasteiger partial charge in [0.05, 0.1) is 19.8 Å². The first kappa shape index (κ1) is 10.4. The van der Waals surface area contributed by atoms with E-state index in [1.54, 1.807) is 0 Å². The predicted molar refractivity (Wildman–Crippen MR) is 51.7 cm³/mol. The molecule has 3 nitrogen and oxygen atoms in total. The van der Waals surface area contributed by atoms with Crippen LogP contribution in [0.4, 0.5) is 0 Å². The molecule has 0 saturated carbocycles. The van der Waals surface area contributed by atoms with Gasteiger partial charge in [-0.3, -0.25) is 9.69 Å². The van der Waals surface area contributed by atoms with Gasteiger partial charge in [0.1, 0.15) is 5.78 Å². The van der Waals surface area contributed by atoms with Crippen LogP contribution in [0.2, 0.25) is 0 Å². The molecule has 3 heteroatoms. The van der Waals surface area contributed by atoms with Crippen molar-refractivity contribution in [1.29, 1.82) is 0 Å². The summed E-state index contributed by atoms with van der Waals surface area (Å²) in [5, 5.41) is 0. The van der Waals surface area contributed by atoms with E-state index >= 15 is 0 Å². The van der Waals surface area contributed by atoms with Crippen LogP contribution in [-0.4, -0.2) is 43.5 Å². The Hall–Kier alpha value is -0.670. The van der Waals surface area contributed by atoms with E-state index in [2.05, 4.69) is 11.5 Å². The zero-order chi connectivity index (χ0) is 9.68. The summed E-state index contributed by atoms with van der Waals surface area (Å²) < 4.78 is 5.34. The monoisotopic (exact) mass is 183 g/mol. The van der Waals surface area contributed by atoms with Crippen molar-refractivity contribution in [3.05, 3.63) is 12.2 Å². The van der Waals surface area contributed by atoms with Crippen molar-refractivity contribution in [3.8, 4) is 0 Å². The average molecular weight is 183 g/mol. The molecule has 0 unspecified atom stereocenters. The van der Waals surface area contributed by atoms with E-state index in [0.29, 0.717) is 32.0 Å². The van der Waals surface area contributed by atoms with Gasteiger partial charge < -0.3 is 4.74 Å². The van der Waals surface area contributed by atoms with Gasteiger partial charge in [0.15, 0.2) is 0 Å². The largest absolute Gasteiger partial charge is 0.376 e. The van der Waals surface area contributed by atoms with Crippen molar-refractivity contribution in [2.75, 3.05) is 32.8 Å². The van der Waals surface area contributed by atoms with Crippen molar-refractivity contribution in [2.24, 2.45) is 0 Å². The summed E-state index contributed by atoms with van der Waals surface area (Å²) in [6.45, 7) is 9.37. The predicted octanol–water partition coefficient (Wildman–Crippen LogP) is 0.854. The van der Waals surface area contributed by atoms with Crippen molar-refractivity contribution in [2.45, 2.75) is 13.3 Å². The molecule has 1 fully saturated rings.